The van der Waals surface area contributed by atoms with Crippen LogP contribution in [0, 0.1) is 22.2 Å². The van der Waals surface area contributed by atoms with Crippen molar-refractivity contribution in [3.05, 3.63) is 23.3 Å². The van der Waals surface area contributed by atoms with E-state index in [4.69, 9.17) is 10.7 Å². The first-order valence-corrected chi connectivity index (χ1v) is 17.1. The molecule has 1 atom stereocenters. The third kappa shape index (κ3) is 22.2. The van der Waals surface area contributed by atoms with E-state index in [0.717, 1.165) is 52.0 Å². The van der Waals surface area contributed by atoms with Crippen LogP contribution in [0.15, 0.2) is 28.3 Å². The molecule has 7 heteroatoms. The molecule has 0 bridgehead atoms. The quantitative estimate of drug-likeness (QED) is 0.175. The van der Waals surface area contributed by atoms with Gasteiger partial charge in [0, 0.05) is 31.6 Å². The van der Waals surface area contributed by atoms with Gasteiger partial charge in [0.1, 0.15) is 5.84 Å². The first-order valence-electron chi connectivity index (χ1n) is 17.1. The lowest BCUT2D eigenvalue weighted by Gasteiger charge is -2.42. The summed E-state index contributed by atoms with van der Waals surface area (Å²) < 4.78 is 0. The number of nitrogens with zero attached hydrogens (tertiary/aromatic N) is 2. The molecule has 1 aliphatic rings. The van der Waals surface area contributed by atoms with E-state index in [0.29, 0.717) is 5.57 Å². The van der Waals surface area contributed by atoms with Crippen molar-refractivity contribution in [2.75, 3.05) is 39.8 Å². The summed E-state index contributed by atoms with van der Waals surface area (Å²) in [5.41, 5.74) is 9.29. The van der Waals surface area contributed by atoms with Gasteiger partial charge in [-0.25, -0.2) is 0 Å². The van der Waals surface area contributed by atoms with Gasteiger partial charge in [-0.2, -0.15) is 0 Å². The maximum absolute atomic E-state index is 11.0. The fourth-order valence-electron chi connectivity index (χ4n) is 4.33. The number of allylic oxidation sites excluding steroid dienone is 2. The summed E-state index contributed by atoms with van der Waals surface area (Å²) in [6.45, 7) is 45.3. The molecule has 1 aliphatic heterocycles. The fourth-order valence-corrected chi connectivity index (χ4v) is 4.33. The predicted molar refractivity (Wildman–Crippen MR) is 200 cm³/mol. The zero-order chi connectivity index (χ0) is 36.4. The van der Waals surface area contributed by atoms with Gasteiger partial charge in [-0.15, -0.1) is 0 Å². The normalized spacial score (nSPS) is 14.7. The summed E-state index contributed by atoms with van der Waals surface area (Å²) in [6, 6.07) is 0. The molecule has 7 nitrogen and oxygen atoms in total. The number of nitrogens with one attached hydrogen (secondary N) is 2. The average molecular weight is 636 g/mol. The number of carbonyl (C=O) groups excluding carboxylic acids is 2. The Labute approximate surface area is 280 Å². The van der Waals surface area contributed by atoms with Crippen molar-refractivity contribution in [3.63, 3.8) is 0 Å². The summed E-state index contributed by atoms with van der Waals surface area (Å²) in [7, 11) is 1.67. The van der Waals surface area contributed by atoms with E-state index in [1.54, 1.807) is 19.5 Å². The minimum atomic E-state index is 0.0648. The molecule has 266 valence electrons. The fraction of sp³-hybridized carbons (Fsp3) is 0.816. The Hall–Kier alpha value is -1.99. The van der Waals surface area contributed by atoms with Gasteiger partial charge in [-0.05, 0) is 94.4 Å². The Balaban J connectivity index is -0.000000688. The van der Waals surface area contributed by atoms with Crippen molar-refractivity contribution in [2.24, 2.45) is 32.9 Å². The number of Topliss-reactive ketones (excluding diaryl/α,β-unsaturated/α-hetero) is 1. The Kier molecular flexibility index (Phi) is 22.9. The number of carbonyl (C=O) groups is 2. The Morgan fingerprint density at radius 3 is 1.69 bits per heavy atom. The standard InChI is InChI=1S/C22H42N2.C8H18N2O.C5H8O.C3H9N/c1-19(2,3)15-16(20(4,5)6)17(21(7,8)9)18-23-13-14-24(18)22(10,11)12;1-4-5-10-6-7(2)8(11)9-3;1-4(2)5(3)6;1-2-3-4/h13-15H2,1-12H3;7,10H,4-6H2,1-3H3,(H,9,11);1H2,2-3H3;2-4H2,1H3/b17-16+;;;. The molecule has 0 aromatic heterocycles. The van der Waals surface area contributed by atoms with Crippen LogP contribution in [0.4, 0.5) is 0 Å². The molecule has 0 radical (unpaired) electrons. The maximum atomic E-state index is 11.0. The van der Waals surface area contributed by atoms with Gasteiger partial charge in [-0.1, -0.05) is 95.2 Å². The highest BCUT2D eigenvalue weighted by molar-refractivity contribution is 6.01. The van der Waals surface area contributed by atoms with Crippen LogP contribution in [0.2, 0.25) is 0 Å². The number of amides is 1. The molecular formula is C38H77N5O2. The van der Waals surface area contributed by atoms with Crippen LogP contribution in [0.3, 0.4) is 0 Å². The van der Waals surface area contributed by atoms with Crippen LogP contribution in [0.5, 0.6) is 0 Å². The van der Waals surface area contributed by atoms with E-state index >= 15 is 0 Å². The molecule has 45 heavy (non-hydrogen) atoms. The smallest absolute Gasteiger partial charge is 0.223 e. The summed E-state index contributed by atoms with van der Waals surface area (Å²) in [5, 5.41) is 5.80. The third-order valence-corrected chi connectivity index (χ3v) is 7.00. The van der Waals surface area contributed by atoms with E-state index in [1.165, 1.54) is 18.3 Å². The molecule has 0 saturated carbocycles. The van der Waals surface area contributed by atoms with Crippen LogP contribution in [0.25, 0.3) is 0 Å². The highest BCUT2D eigenvalue weighted by Crippen LogP contribution is 2.44. The van der Waals surface area contributed by atoms with E-state index in [9.17, 15) is 9.59 Å². The van der Waals surface area contributed by atoms with Gasteiger partial charge in [0.2, 0.25) is 5.91 Å². The van der Waals surface area contributed by atoms with Gasteiger partial charge in [0.15, 0.2) is 5.78 Å². The molecule has 1 rings (SSSR count). The summed E-state index contributed by atoms with van der Waals surface area (Å²) in [4.78, 5) is 28.5. The molecule has 0 spiro atoms. The van der Waals surface area contributed by atoms with Crippen molar-refractivity contribution in [3.8, 4) is 0 Å². The van der Waals surface area contributed by atoms with Crippen molar-refractivity contribution >= 4 is 17.5 Å². The molecule has 0 saturated heterocycles. The zero-order valence-electron chi connectivity index (χ0n) is 33.2. The first kappa shape index (κ1) is 47.4. The topological polar surface area (TPSA) is 99.8 Å². The van der Waals surface area contributed by atoms with Gasteiger partial charge < -0.3 is 21.3 Å². The highest BCUT2D eigenvalue weighted by Gasteiger charge is 2.38. The maximum Gasteiger partial charge on any atom is 0.223 e. The lowest BCUT2D eigenvalue weighted by molar-refractivity contribution is -0.123. The van der Waals surface area contributed by atoms with E-state index in [-0.39, 0.29) is 39.4 Å². The summed E-state index contributed by atoms with van der Waals surface area (Å²) in [6.07, 6.45) is 3.32. The lowest BCUT2D eigenvalue weighted by atomic mass is 9.69. The molecule has 0 aromatic carbocycles. The van der Waals surface area contributed by atoms with Gasteiger partial charge in [-0.3, -0.25) is 14.6 Å². The van der Waals surface area contributed by atoms with Crippen LogP contribution < -0.4 is 16.4 Å². The molecule has 0 aliphatic carbocycles. The molecule has 1 unspecified atom stereocenters. The molecular weight excluding hydrogens is 558 g/mol. The first-order chi connectivity index (χ1) is 20.2. The Morgan fingerprint density at radius 2 is 1.40 bits per heavy atom. The van der Waals surface area contributed by atoms with Crippen LogP contribution >= 0.6 is 0 Å². The second kappa shape index (κ2) is 21.7. The van der Waals surface area contributed by atoms with Gasteiger partial charge in [0.05, 0.1) is 6.54 Å². The molecule has 0 aromatic rings. The Morgan fingerprint density at radius 1 is 0.933 bits per heavy atom. The minimum Gasteiger partial charge on any atom is -0.359 e. The van der Waals surface area contributed by atoms with E-state index in [1.807, 2.05) is 6.92 Å². The van der Waals surface area contributed by atoms with E-state index in [2.05, 4.69) is 119 Å². The molecule has 1 heterocycles. The molecule has 1 amide bonds. The van der Waals surface area contributed by atoms with E-state index < -0.39 is 0 Å². The van der Waals surface area contributed by atoms with Gasteiger partial charge in [0.25, 0.3) is 0 Å². The molecule has 4 N–H and O–H groups in total. The third-order valence-electron chi connectivity index (χ3n) is 7.00. The Bertz CT molecular complexity index is 921. The number of ketones is 1. The summed E-state index contributed by atoms with van der Waals surface area (Å²) >= 11 is 0. The predicted octanol–water partition coefficient (Wildman–Crippen LogP) is 8.20. The second-order valence-electron chi connectivity index (χ2n) is 16.5. The number of hydrogen-bond acceptors (Lipinski definition) is 6. The summed E-state index contributed by atoms with van der Waals surface area (Å²) in [5.74, 6) is 1.49. The number of amidine groups is 1. The SMILES string of the molecule is C=C(C)C(C)=O.CC(C)(C)C/C(=C(/C1=NCCN1C(C)(C)C)C(C)(C)C)C(C)(C)C.CCCN.CCCNCC(C)C(=O)NC. The van der Waals surface area contributed by atoms with Crippen LogP contribution in [0.1, 0.15) is 137 Å². The molecule has 0 fully saturated rings. The number of rotatable bonds is 9. The average Bonchev–Trinajstić information content (AvgIpc) is 3.36. The number of nitrogens with two attached hydrogens (primary N) is 1. The van der Waals surface area contributed by atoms with Crippen molar-refractivity contribution < 1.29 is 9.59 Å². The monoisotopic (exact) mass is 636 g/mol. The minimum absolute atomic E-state index is 0.0648. The number of aliphatic imine (C=N–C) groups is 1. The van der Waals surface area contributed by atoms with Crippen LogP contribution in [-0.2, 0) is 9.59 Å². The van der Waals surface area contributed by atoms with Crippen molar-refractivity contribution in [1.29, 1.82) is 0 Å². The largest absolute Gasteiger partial charge is 0.359 e. The second-order valence-corrected chi connectivity index (χ2v) is 16.5. The zero-order valence-corrected chi connectivity index (χ0v) is 33.2. The highest BCUT2D eigenvalue weighted by atomic mass is 16.1. The van der Waals surface area contributed by atoms with Gasteiger partial charge >= 0.3 is 0 Å². The lowest BCUT2D eigenvalue weighted by Crippen LogP contribution is -2.46. The number of hydrogen-bond donors (Lipinski definition) is 3. The van der Waals surface area contributed by atoms with Crippen molar-refractivity contribution in [2.45, 2.75) is 143 Å². The van der Waals surface area contributed by atoms with Crippen molar-refractivity contribution in [1.82, 2.24) is 15.5 Å². The van der Waals surface area contributed by atoms with Crippen LogP contribution in [-0.4, -0.2) is 67.7 Å².